The van der Waals surface area contributed by atoms with Crippen LogP contribution in [0.25, 0.3) is 0 Å². The molecular formula is C15H21IO4. The first kappa shape index (κ1) is 17.3. The number of rotatable bonds is 7. The number of alkyl halides is 1. The van der Waals surface area contributed by atoms with E-state index in [0.717, 1.165) is 25.7 Å². The minimum Gasteiger partial charge on any atom is -0.465 e. The summed E-state index contributed by atoms with van der Waals surface area (Å²) in [5.74, 6) is 3.70. The molecule has 1 rings (SSSR count). The maximum Gasteiger partial charge on any atom is 0.384 e. The molecule has 1 aliphatic rings. The number of carbonyl (C=O) groups excluding carboxylic acids is 2. The van der Waals surface area contributed by atoms with Crippen molar-refractivity contribution in [2.75, 3.05) is 13.2 Å². The lowest BCUT2D eigenvalue weighted by Crippen LogP contribution is -2.20. The lowest BCUT2D eigenvalue weighted by atomic mass is 10.0. The van der Waals surface area contributed by atoms with E-state index < -0.39 is 11.9 Å². The summed E-state index contributed by atoms with van der Waals surface area (Å²) in [4.78, 5) is 23.3. The molecule has 0 radical (unpaired) electrons. The van der Waals surface area contributed by atoms with E-state index in [9.17, 15) is 9.59 Å². The first-order valence-corrected chi connectivity index (χ1v) is 8.12. The second-order valence-corrected chi connectivity index (χ2v) is 7.21. The highest BCUT2D eigenvalue weighted by molar-refractivity contribution is 14.1. The van der Waals surface area contributed by atoms with E-state index in [-0.39, 0.29) is 9.39 Å². The Morgan fingerprint density at radius 1 is 1.30 bits per heavy atom. The van der Waals surface area contributed by atoms with Crippen molar-refractivity contribution in [3.63, 3.8) is 0 Å². The summed E-state index contributed by atoms with van der Waals surface area (Å²) < 4.78 is 10.1. The Morgan fingerprint density at radius 3 is 2.55 bits per heavy atom. The lowest BCUT2D eigenvalue weighted by molar-refractivity contribution is -0.146. The molecule has 0 aliphatic heterocycles. The summed E-state index contributed by atoms with van der Waals surface area (Å²) in [6.07, 6.45) is 4.61. The van der Waals surface area contributed by atoms with E-state index in [0.29, 0.717) is 19.6 Å². The summed E-state index contributed by atoms with van der Waals surface area (Å²) in [6.45, 7) is 4.49. The van der Waals surface area contributed by atoms with Gasteiger partial charge in [-0.2, -0.15) is 0 Å². The van der Waals surface area contributed by atoms with Crippen LogP contribution in [-0.2, 0) is 19.1 Å². The molecular weight excluding hydrogens is 371 g/mol. The predicted molar refractivity (Wildman–Crippen MR) is 84.4 cm³/mol. The Kier molecular flexibility index (Phi) is 7.35. The largest absolute Gasteiger partial charge is 0.465 e. The first-order chi connectivity index (χ1) is 9.50. The molecule has 0 aromatic rings. The molecule has 1 fully saturated rings. The summed E-state index contributed by atoms with van der Waals surface area (Å²) in [6, 6.07) is 0. The molecule has 0 aromatic heterocycles. The topological polar surface area (TPSA) is 52.6 Å². The quantitative estimate of drug-likeness (QED) is 0.167. The molecule has 0 heterocycles. The molecule has 112 valence electrons. The molecule has 0 N–H and O–H groups in total. The van der Waals surface area contributed by atoms with E-state index in [4.69, 9.17) is 9.47 Å². The van der Waals surface area contributed by atoms with Gasteiger partial charge in [0.15, 0.2) is 0 Å². The minimum absolute atomic E-state index is 0.149. The van der Waals surface area contributed by atoms with E-state index in [2.05, 4.69) is 34.4 Å². The van der Waals surface area contributed by atoms with E-state index in [1.165, 1.54) is 0 Å². The average Bonchev–Trinajstić information content (AvgIpc) is 3.13. The Morgan fingerprint density at radius 2 is 2.00 bits per heavy atom. The van der Waals surface area contributed by atoms with Gasteiger partial charge in [0, 0.05) is 9.34 Å². The fourth-order valence-electron chi connectivity index (χ4n) is 1.63. The zero-order chi connectivity index (χ0) is 15.0. The Labute approximate surface area is 134 Å². The van der Waals surface area contributed by atoms with Gasteiger partial charge in [0.2, 0.25) is 0 Å². The first-order valence-electron chi connectivity index (χ1n) is 7.04. The minimum atomic E-state index is -0.564. The second kappa shape index (κ2) is 8.50. The standard InChI is InChI=1S/C15H21IO4/c1-3-5-10-20-13(17)7-6-12(14(18)19-4-2)11-15(16)8-9-15/h12H,3-5,8-11H2,1-2H3/t12-/m0/s1. The van der Waals surface area contributed by atoms with Crippen molar-refractivity contribution in [2.24, 2.45) is 5.92 Å². The van der Waals surface area contributed by atoms with Gasteiger partial charge >= 0.3 is 11.9 Å². The molecule has 0 unspecified atom stereocenters. The molecule has 0 spiro atoms. The summed E-state index contributed by atoms with van der Waals surface area (Å²) >= 11 is 2.36. The van der Waals surface area contributed by atoms with Gasteiger partial charge in [-0.25, -0.2) is 4.79 Å². The van der Waals surface area contributed by atoms with Gasteiger partial charge in [0.1, 0.15) is 5.92 Å². The molecule has 1 aliphatic carbocycles. The van der Waals surface area contributed by atoms with Gasteiger partial charge < -0.3 is 9.47 Å². The summed E-state index contributed by atoms with van der Waals surface area (Å²) in [7, 11) is 0. The van der Waals surface area contributed by atoms with Crippen LogP contribution in [0.2, 0.25) is 0 Å². The maximum atomic E-state index is 11.8. The van der Waals surface area contributed by atoms with E-state index in [1.807, 2.05) is 6.92 Å². The van der Waals surface area contributed by atoms with Crippen LogP contribution in [0.15, 0.2) is 0 Å². The van der Waals surface area contributed by atoms with Crippen molar-refractivity contribution >= 4 is 34.5 Å². The third-order valence-corrected chi connectivity index (χ3v) is 4.53. The smallest absolute Gasteiger partial charge is 0.384 e. The molecule has 20 heavy (non-hydrogen) atoms. The lowest BCUT2D eigenvalue weighted by Gasteiger charge is -2.12. The molecule has 0 bridgehead atoms. The zero-order valence-corrected chi connectivity index (χ0v) is 14.2. The number of hydrogen-bond acceptors (Lipinski definition) is 4. The zero-order valence-electron chi connectivity index (χ0n) is 12.0. The van der Waals surface area contributed by atoms with Crippen LogP contribution >= 0.6 is 22.6 Å². The fraction of sp³-hybridized carbons (Fsp3) is 0.733. The van der Waals surface area contributed by atoms with Crippen LogP contribution in [0.4, 0.5) is 0 Å². The third-order valence-electron chi connectivity index (χ3n) is 3.01. The Bertz CT molecular complexity index is 404. The number of unbranched alkanes of at least 4 members (excludes halogenated alkanes) is 1. The van der Waals surface area contributed by atoms with Gasteiger partial charge in [-0.05, 0) is 32.6 Å². The molecule has 4 nitrogen and oxygen atoms in total. The van der Waals surface area contributed by atoms with Crippen molar-refractivity contribution in [1.82, 2.24) is 0 Å². The van der Waals surface area contributed by atoms with Gasteiger partial charge in [-0.3, -0.25) is 4.79 Å². The number of carbonyl (C=O) groups is 2. The number of halogens is 1. The number of ether oxygens (including phenoxy) is 2. The van der Waals surface area contributed by atoms with Crippen LogP contribution in [0.1, 0.15) is 46.0 Å². The molecule has 0 amide bonds. The normalized spacial score (nSPS) is 16.6. The Hall–Kier alpha value is -0.770. The van der Waals surface area contributed by atoms with Crippen molar-refractivity contribution in [3.05, 3.63) is 0 Å². The SMILES string of the molecule is CCCCOC(=O)C#C[C@@H](CC1(I)CC1)C(=O)OCC. The van der Waals surface area contributed by atoms with E-state index in [1.54, 1.807) is 6.92 Å². The van der Waals surface area contributed by atoms with Crippen molar-refractivity contribution in [2.45, 2.75) is 49.4 Å². The fourth-order valence-corrected chi connectivity index (χ4v) is 2.34. The van der Waals surface area contributed by atoms with Crippen molar-refractivity contribution < 1.29 is 19.1 Å². The number of esters is 2. The van der Waals surface area contributed by atoms with Crippen LogP contribution < -0.4 is 0 Å². The molecule has 1 saturated carbocycles. The highest BCUT2D eigenvalue weighted by atomic mass is 127. The van der Waals surface area contributed by atoms with Crippen LogP contribution in [-0.4, -0.2) is 28.6 Å². The van der Waals surface area contributed by atoms with Crippen LogP contribution in [0.3, 0.4) is 0 Å². The average molecular weight is 392 g/mol. The monoisotopic (exact) mass is 392 g/mol. The second-order valence-electron chi connectivity index (χ2n) is 4.92. The summed E-state index contributed by atoms with van der Waals surface area (Å²) in [5.41, 5.74) is 0. The van der Waals surface area contributed by atoms with Gasteiger partial charge in [-0.1, -0.05) is 41.9 Å². The molecule has 5 heteroatoms. The molecule has 0 saturated heterocycles. The highest BCUT2D eigenvalue weighted by Crippen LogP contribution is 2.49. The molecule has 1 atom stereocenters. The van der Waals surface area contributed by atoms with Gasteiger partial charge in [0.05, 0.1) is 13.2 Å². The van der Waals surface area contributed by atoms with Crippen molar-refractivity contribution in [3.8, 4) is 11.8 Å². The van der Waals surface area contributed by atoms with Gasteiger partial charge in [-0.15, -0.1) is 0 Å². The van der Waals surface area contributed by atoms with E-state index >= 15 is 0 Å². The Balaban J connectivity index is 2.55. The van der Waals surface area contributed by atoms with Crippen LogP contribution in [0, 0.1) is 17.8 Å². The molecule has 0 aromatic carbocycles. The van der Waals surface area contributed by atoms with Gasteiger partial charge in [0.25, 0.3) is 0 Å². The van der Waals surface area contributed by atoms with Crippen molar-refractivity contribution in [1.29, 1.82) is 0 Å². The highest BCUT2D eigenvalue weighted by Gasteiger charge is 2.43. The third kappa shape index (κ3) is 6.60. The summed E-state index contributed by atoms with van der Waals surface area (Å²) in [5, 5.41) is 0. The maximum absolute atomic E-state index is 11.8. The predicted octanol–water partition coefficient (Wildman–Crippen LogP) is 2.87. The van der Waals surface area contributed by atoms with Crippen LogP contribution in [0.5, 0.6) is 0 Å². The number of hydrogen-bond donors (Lipinski definition) is 0.